The molecule has 5 heteroatoms. The van der Waals surface area contributed by atoms with Gasteiger partial charge in [0.25, 0.3) is 5.91 Å². The van der Waals surface area contributed by atoms with E-state index in [4.69, 9.17) is 0 Å². The number of hydrogen-bond donors (Lipinski definition) is 3. The number of hydrazine groups is 1. The summed E-state index contributed by atoms with van der Waals surface area (Å²) in [4.78, 5) is 23.5. The average molecular weight is 186 g/mol. The van der Waals surface area contributed by atoms with Crippen molar-refractivity contribution in [2.24, 2.45) is 0 Å². The number of likely N-dealkylation sites (N-methyl/N-ethyl adjacent to an activating group) is 1. The highest BCUT2D eigenvalue weighted by atomic mass is 16.2. The van der Waals surface area contributed by atoms with Gasteiger partial charge < -0.3 is 4.90 Å². The van der Waals surface area contributed by atoms with Crippen LogP contribution in [0.1, 0.15) is 20.3 Å². The molecular formula is C8H16N3O2+. The highest BCUT2D eigenvalue weighted by Gasteiger charge is 2.33. The van der Waals surface area contributed by atoms with Crippen molar-refractivity contribution < 1.29 is 14.5 Å². The van der Waals surface area contributed by atoms with E-state index in [1.165, 1.54) is 0 Å². The van der Waals surface area contributed by atoms with Gasteiger partial charge in [0.15, 0.2) is 6.04 Å². The van der Waals surface area contributed by atoms with E-state index in [2.05, 4.69) is 10.9 Å². The van der Waals surface area contributed by atoms with E-state index >= 15 is 0 Å². The van der Waals surface area contributed by atoms with Crippen LogP contribution in [0.25, 0.3) is 0 Å². The molecule has 1 rings (SSSR count). The number of quaternary nitrogens is 1. The lowest BCUT2D eigenvalue weighted by Gasteiger charge is -2.28. The Bertz CT molecular complexity index is 213. The third-order valence-electron chi connectivity index (χ3n) is 2.43. The summed E-state index contributed by atoms with van der Waals surface area (Å²) >= 11 is 0. The second-order valence-electron chi connectivity index (χ2n) is 3.16. The lowest BCUT2D eigenvalue weighted by molar-refractivity contribution is -0.912. The first-order valence-corrected chi connectivity index (χ1v) is 4.62. The van der Waals surface area contributed by atoms with Crippen LogP contribution in [0.5, 0.6) is 0 Å². The van der Waals surface area contributed by atoms with Gasteiger partial charge in [-0.3, -0.25) is 20.4 Å². The molecule has 74 valence electrons. The summed E-state index contributed by atoms with van der Waals surface area (Å²) in [6.07, 6.45) is 0.294. The molecule has 1 fully saturated rings. The number of carbonyl (C=O) groups is 2. The molecule has 0 saturated carbocycles. The van der Waals surface area contributed by atoms with Gasteiger partial charge in [0, 0.05) is 0 Å². The van der Waals surface area contributed by atoms with Crippen LogP contribution < -0.4 is 15.8 Å². The maximum absolute atomic E-state index is 11.4. The quantitative estimate of drug-likeness (QED) is 0.470. The number of rotatable bonds is 3. The van der Waals surface area contributed by atoms with Crippen LogP contribution in [0.3, 0.4) is 0 Å². The summed E-state index contributed by atoms with van der Waals surface area (Å²) in [6.45, 7) is 5.75. The SMILES string of the molecule is CC[NH+](CC)[C@H]1CC(=O)NNC1=O. The molecule has 0 radical (unpaired) electrons. The van der Waals surface area contributed by atoms with E-state index < -0.39 is 0 Å². The highest BCUT2D eigenvalue weighted by molar-refractivity contribution is 5.92. The first-order chi connectivity index (χ1) is 6.19. The molecule has 0 unspecified atom stereocenters. The smallest absolute Gasteiger partial charge is 0.297 e. The summed E-state index contributed by atoms with van der Waals surface area (Å²) in [5.74, 6) is -0.192. The number of nitrogens with one attached hydrogen (secondary N) is 3. The second kappa shape index (κ2) is 4.23. The molecule has 0 bridgehead atoms. The van der Waals surface area contributed by atoms with Gasteiger partial charge in [-0.2, -0.15) is 0 Å². The normalized spacial score (nSPS) is 22.8. The molecule has 13 heavy (non-hydrogen) atoms. The maximum Gasteiger partial charge on any atom is 0.297 e. The summed E-state index contributed by atoms with van der Waals surface area (Å²) in [5, 5.41) is 0. The summed E-state index contributed by atoms with van der Waals surface area (Å²) in [5.41, 5.74) is 4.68. The lowest BCUT2D eigenvalue weighted by Crippen LogP contribution is -3.17. The molecule has 1 saturated heterocycles. The minimum absolute atomic E-state index is 0.0849. The third-order valence-corrected chi connectivity index (χ3v) is 2.43. The van der Waals surface area contributed by atoms with Crippen LogP contribution in [0, 0.1) is 0 Å². The minimum atomic E-state index is -0.219. The Morgan fingerprint density at radius 2 is 1.92 bits per heavy atom. The Kier molecular flexibility index (Phi) is 3.25. The van der Waals surface area contributed by atoms with Crippen molar-refractivity contribution >= 4 is 11.8 Å². The summed E-state index contributed by atoms with van der Waals surface area (Å²) < 4.78 is 0. The van der Waals surface area contributed by atoms with Crippen molar-refractivity contribution in [3.8, 4) is 0 Å². The second-order valence-corrected chi connectivity index (χ2v) is 3.16. The third kappa shape index (κ3) is 2.18. The van der Waals surface area contributed by atoms with Crippen LogP contribution >= 0.6 is 0 Å². The Balaban J connectivity index is 2.63. The Labute approximate surface area is 77.4 Å². The average Bonchev–Trinajstić information content (AvgIpc) is 2.13. The van der Waals surface area contributed by atoms with Gasteiger partial charge in [0.05, 0.1) is 19.5 Å². The van der Waals surface area contributed by atoms with Crippen LogP contribution in [0.2, 0.25) is 0 Å². The molecule has 5 nitrogen and oxygen atoms in total. The molecule has 3 N–H and O–H groups in total. The van der Waals surface area contributed by atoms with Gasteiger partial charge in [-0.1, -0.05) is 0 Å². The van der Waals surface area contributed by atoms with Crippen molar-refractivity contribution in [2.75, 3.05) is 13.1 Å². The monoisotopic (exact) mass is 186 g/mol. The molecule has 0 aliphatic carbocycles. The molecule has 2 amide bonds. The topological polar surface area (TPSA) is 62.6 Å². The van der Waals surface area contributed by atoms with Crippen LogP contribution in [-0.2, 0) is 9.59 Å². The molecular weight excluding hydrogens is 170 g/mol. The van der Waals surface area contributed by atoms with E-state index in [0.717, 1.165) is 18.0 Å². The molecule has 0 aromatic rings. The fourth-order valence-corrected chi connectivity index (χ4v) is 1.62. The highest BCUT2D eigenvalue weighted by Crippen LogP contribution is 1.92. The first kappa shape index (κ1) is 9.98. The Morgan fingerprint density at radius 1 is 1.31 bits per heavy atom. The Hall–Kier alpha value is -1.10. The van der Waals surface area contributed by atoms with Crippen molar-refractivity contribution in [3.05, 3.63) is 0 Å². The van der Waals surface area contributed by atoms with Gasteiger partial charge in [0.1, 0.15) is 0 Å². The Morgan fingerprint density at radius 3 is 2.46 bits per heavy atom. The van der Waals surface area contributed by atoms with E-state index in [0.29, 0.717) is 6.42 Å². The van der Waals surface area contributed by atoms with Gasteiger partial charge in [0.2, 0.25) is 5.91 Å². The summed E-state index contributed by atoms with van der Waals surface area (Å²) in [6, 6.07) is -0.219. The fourth-order valence-electron chi connectivity index (χ4n) is 1.62. The van der Waals surface area contributed by atoms with Crippen LogP contribution in [0.15, 0.2) is 0 Å². The van der Waals surface area contributed by atoms with Crippen molar-refractivity contribution in [1.82, 2.24) is 10.9 Å². The molecule has 0 spiro atoms. The van der Waals surface area contributed by atoms with E-state index in [9.17, 15) is 9.59 Å². The number of carbonyl (C=O) groups excluding carboxylic acids is 2. The predicted molar refractivity (Wildman–Crippen MR) is 46.7 cm³/mol. The van der Waals surface area contributed by atoms with Gasteiger partial charge in [-0.15, -0.1) is 0 Å². The van der Waals surface area contributed by atoms with E-state index in [1.807, 2.05) is 13.8 Å². The molecule has 1 aliphatic rings. The maximum atomic E-state index is 11.4. The molecule has 1 atom stereocenters. The molecule has 0 aromatic heterocycles. The zero-order chi connectivity index (χ0) is 9.84. The number of hydrogen-bond acceptors (Lipinski definition) is 2. The van der Waals surface area contributed by atoms with Gasteiger partial charge in [-0.05, 0) is 13.8 Å². The summed E-state index contributed by atoms with van der Waals surface area (Å²) in [7, 11) is 0. The zero-order valence-corrected chi connectivity index (χ0v) is 8.02. The number of amides is 2. The van der Waals surface area contributed by atoms with Gasteiger partial charge in [-0.25, -0.2) is 0 Å². The fraction of sp³-hybridized carbons (Fsp3) is 0.750. The van der Waals surface area contributed by atoms with Crippen LogP contribution in [0.4, 0.5) is 0 Å². The van der Waals surface area contributed by atoms with Crippen molar-refractivity contribution in [3.63, 3.8) is 0 Å². The minimum Gasteiger partial charge on any atom is -0.325 e. The lowest BCUT2D eigenvalue weighted by atomic mass is 10.1. The van der Waals surface area contributed by atoms with Crippen LogP contribution in [-0.4, -0.2) is 30.9 Å². The van der Waals surface area contributed by atoms with Gasteiger partial charge >= 0.3 is 0 Å². The van der Waals surface area contributed by atoms with E-state index in [-0.39, 0.29) is 17.9 Å². The zero-order valence-electron chi connectivity index (χ0n) is 8.02. The molecule has 1 heterocycles. The molecule has 0 aromatic carbocycles. The largest absolute Gasteiger partial charge is 0.325 e. The van der Waals surface area contributed by atoms with Crippen molar-refractivity contribution in [1.29, 1.82) is 0 Å². The molecule has 1 aliphatic heterocycles. The van der Waals surface area contributed by atoms with E-state index in [1.54, 1.807) is 0 Å². The standard InChI is InChI=1S/C8H15N3O2/c1-3-11(4-2)6-5-7(12)9-10-8(6)13/h6H,3-5H2,1-2H3,(H,9,12)(H,10,13)/p+1/t6-/m0/s1. The first-order valence-electron chi connectivity index (χ1n) is 4.62. The van der Waals surface area contributed by atoms with Crippen molar-refractivity contribution in [2.45, 2.75) is 26.3 Å². The predicted octanol–water partition coefficient (Wildman–Crippen LogP) is -2.17.